The van der Waals surface area contributed by atoms with E-state index in [0.29, 0.717) is 0 Å². The quantitative estimate of drug-likeness (QED) is 0.820. The van der Waals surface area contributed by atoms with E-state index in [1.165, 1.54) is 0 Å². The predicted octanol–water partition coefficient (Wildman–Crippen LogP) is 2.58. The van der Waals surface area contributed by atoms with Crippen LogP contribution >= 0.6 is 15.9 Å². The van der Waals surface area contributed by atoms with Crippen molar-refractivity contribution in [2.75, 3.05) is 11.9 Å². The number of nitrogens with zero attached hydrogens (tertiary/aromatic N) is 1. The molecule has 0 amide bonds. The van der Waals surface area contributed by atoms with Crippen LogP contribution in [0.15, 0.2) is 16.6 Å². The molecule has 0 aliphatic carbocycles. The second-order valence-corrected chi connectivity index (χ2v) is 3.17. The zero-order valence-corrected chi connectivity index (χ0v) is 8.27. The van der Waals surface area contributed by atoms with Gasteiger partial charge in [-0.15, -0.1) is 0 Å². The van der Waals surface area contributed by atoms with E-state index in [-0.39, 0.29) is 0 Å². The largest absolute Gasteiger partial charge is 0.369 e. The monoisotopic (exact) mass is 214 g/mol. The third-order valence-corrected chi connectivity index (χ3v) is 1.97. The molecule has 0 bridgehead atoms. The lowest BCUT2D eigenvalue weighted by Crippen LogP contribution is -2.00. The summed E-state index contributed by atoms with van der Waals surface area (Å²) in [6.45, 7) is 4.93. The lowest BCUT2D eigenvalue weighted by atomic mass is 10.4. The Morgan fingerprint density at radius 1 is 1.55 bits per heavy atom. The average Bonchev–Trinajstić information content (AvgIpc) is 1.98. The highest BCUT2D eigenvalue weighted by molar-refractivity contribution is 9.10. The number of rotatable bonds is 2. The molecule has 0 spiro atoms. The fourth-order valence-corrected chi connectivity index (χ4v) is 1.19. The summed E-state index contributed by atoms with van der Waals surface area (Å²) >= 11 is 3.41. The molecule has 0 radical (unpaired) electrons. The highest BCUT2D eigenvalue weighted by Gasteiger charge is 1.98. The topological polar surface area (TPSA) is 24.9 Å². The van der Waals surface area contributed by atoms with Gasteiger partial charge >= 0.3 is 0 Å². The van der Waals surface area contributed by atoms with Crippen molar-refractivity contribution in [3.63, 3.8) is 0 Å². The molecule has 1 rings (SSSR count). The molecular weight excluding hydrogens is 204 g/mol. The molecule has 1 heterocycles. The van der Waals surface area contributed by atoms with Crippen LogP contribution in [0.4, 0.5) is 5.82 Å². The average molecular weight is 215 g/mol. The predicted molar refractivity (Wildman–Crippen MR) is 50.8 cm³/mol. The van der Waals surface area contributed by atoms with Gasteiger partial charge in [0.2, 0.25) is 0 Å². The maximum atomic E-state index is 4.30. The molecule has 0 aliphatic rings. The zero-order valence-electron chi connectivity index (χ0n) is 6.69. The van der Waals surface area contributed by atoms with Gasteiger partial charge in [-0.05, 0) is 41.9 Å². The number of halogens is 1. The molecule has 1 N–H and O–H groups in total. The van der Waals surface area contributed by atoms with Crippen molar-refractivity contribution in [1.82, 2.24) is 4.98 Å². The van der Waals surface area contributed by atoms with Gasteiger partial charge in [0, 0.05) is 12.2 Å². The van der Waals surface area contributed by atoms with Crippen LogP contribution in [-0.2, 0) is 0 Å². The molecule has 1 aromatic rings. The third kappa shape index (κ3) is 2.19. The summed E-state index contributed by atoms with van der Waals surface area (Å²) < 4.78 is 1.02. The summed E-state index contributed by atoms with van der Waals surface area (Å²) in [4.78, 5) is 4.30. The normalized spacial score (nSPS) is 9.73. The third-order valence-electron chi connectivity index (χ3n) is 1.33. The standard InChI is InChI=1S/C8H11BrN2/c1-3-10-8-7(9)5-4-6(2)11-8/h4-5H,3H2,1-2H3,(H,10,11). The Kier molecular flexibility index (Phi) is 2.88. The maximum absolute atomic E-state index is 4.30. The molecule has 11 heavy (non-hydrogen) atoms. The van der Waals surface area contributed by atoms with E-state index < -0.39 is 0 Å². The molecule has 0 unspecified atom stereocenters. The maximum Gasteiger partial charge on any atom is 0.140 e. The SMILES string of the molecule is CCNc1nc(C)ccc1Br. The Morgan fingerprint density at radius 3 is 2.91 bits per heavy atom. The van der Waals surface area contributed by atoms with Crippen LogP contribution in [0.1, 0.15) is 12.6 Å². The fourth-order valence-electron chi connectivity index (χ4n) is 0.831. The van der Waals surface area contributed by atoms with Crippen LogP contribution in [0.3, 0.4) is 0 Å². The van der Waals surface area contributed by atoms with Crippen molar-refractivity contribution in [3.05, 3.63) is 22.3 Å². The molecule has 3 heteroatoms. The van der Waals surface area contributed by atoms with Gasteiger partial charge < -0.3 is 5.32 Å². The van der Waals surface area contributed by atoms with Crippen LogP contribution < -0.4 is 5.32 Å². The first-order valence-electron chi connectivity index (χ1n) is 3.61. The van der Waals surface area contributed by atoms with Gasteiger partial charge in [-0.1, -0.05) is 0 Å². The first-order chi connectivity index (χ1) is 5.24. The van der Waals surface area contributed by atoms with Crippen molar-refractivity contribution in [1.29, 1.82) is 0 Å². The number of aromatic nitrogens is 1. The molecular formula is C8H11BrN2. The van der Waals surface area contributed by atoms with Crippen molar-refractivity contribution in [2.24, 2.45) is 0 Å². The summed E-state index contributed by atoms with van der Waals surface area (Å²) in [6, 6.07) is 3.98. The van der Waals surface area contributed by atoms with Crippen LogP contribution in [0, 0.1) is 6.92 Å². The minimum atomic E-state index is 0.898. The first kappa shape index (κ1) is 8.53. The van der Waals surface area contributed by atoms with E-state index in [4.69, 9.17) is 0 Å². The number of anilines is 1. The van der Waals surface area contributed by atoms with E-state index in [9.17, 15) is 0 Å². The van der Waals surface area contributed by atoms with Crippen molar-refractivity contribution in [3.8, 4) is 0 Å². The van der Waals surface area contributed by atoms with Crippen molar-refractivity contribution < 1.29 is 0 Å². The van der Waals surface area contributed by atoms with Crippen molar-refractivity contribution >= 4 is 21.7 Å². The van der Waals surface area contributed by atoms with E-state index in [1.54, 1.807) is 0 Å². The summed E-state index contributed by atoms with van der Waals surface area (Å²) in [5, 5.41) is 3.16. The van der Waals surface area contributed by atoms with E-state index >= 15 is 0 Å². The number of pyridine rings is 1. The molecule has 0 atom stereocenters. The van der Waals surface area contributed by atoms with Gasteiger partial charge in [0.05, 0.1) is 4.47 Å². The van der Waals surface area contributed by atoms with Gasteiger partial charge in [-0.3, -0.25) is 0 Å². The summed E-state index contributed by atoms with van der Waals surface area (Å²) in [5.74, 6) is 0.924. The van der Waals surface area contributed by atoms with Crippen LogP contribution in [-0.4, -0.2) is 11.5 Å². The van der Waals surface area contributed by atoms with Crippen LogP contribution in [0.5, 0.6) is 0 Å². The molecule has 60 valence electrons. The van der Waals surface area contributed by atoms with Gasteiger partial charge in [0.1, 0.15) is 5.82 Å². The zero-order chi connectivity index (χ0) is 8.27. The summed E-state index contributed by atoms with van der Waals surface area (Å²) in [7, 11) is 0. The highest BCUT2D eigenvalue weighted by Crippen LogP contribution is 2.19. The Morgan fingerprint density at radius 2 is 2.27 bits per heavy atom. The highest BCUT2D eigenvalue weighted by atomic mass is 79.9. The van der Waals surface area contributed by atoms with Crippen LogP contribution in [0.25, 0.3) is 0 Å². The van der Waals surface area contributed by atoms with Gasteiger partial charge in [0.15, 0.2) is 0 Å². The molecule has 0 saturated heterocycles. The second-order valence-electron chi connectivity index (χ2n) is 2.31. The number of nitrogens with one attached hydrogen (secondary N) is 1. The summed E-state index contributed by atoms with van der Waals surface area (Å²) in [5.41, 5.74) is 1.03. The van der Waals surface area contributed by atoms with Gasteiger partial charge in [-0.25, -0.2) is 4.98 Å². The number of hydrogen-bond acceptors (Lipinski definition) is 2. The molecule has 0 fully saturated rings. The summed E-state index contributed by atoms with van der Waals surface area (Å²) in [6.07, 6.45) is 0. The molecule has 0 saturated carbocycles. The smallest absolute Gasteiger partial charge is 0.140 e. The Balaban J connectivity index is 2.93. The lowest BCUT2D eigenvalue weighted by molar-refractivity contribution is 1.12. The molecule has 2 nitrogen and oxygen atoms in total. The van der Waals surface area contributed by atoms with E-state index in [2.05, 4.69) is 33.2 Å². The Hall–Kier alpha value is -0.570. The van der Waals surface area contributed by atoms with Gasteiger partial charge in [0.25, 0.3) is 0 Å². The molecule has 0 aliphatic heterocycles. The Bertz CT molecular complexity index is 248. The van der Waals surface area contributed by atoms with E-state index in [0.717, 1.165) is 22.5 Å². The lowest BCUT2D eigenvalue weighted by Gasteiger charge is -2.04. The van der Waals surface area contributed by atoms with Crippen molar-refractivity contribution in [2.45, 2.75) is 13.8 Å². The van der Waals surface area contributed by atoms with E-state index in [1.807, 2.05) is 19.1 Å². The van der Waals surface area contributed by atoms with Gasteiger partial charge in [-0.2, -0.15) is 0 Å². The molecule has 1 aromatic heterocycles. The van der Waals surface area contributed by atoms with Crippen LogP contribution in [0.2, 0.25) is 0 Å². The second kappa shape index (κ2) is 3.72. The number of hydrogen-bond donors (Lipinski definition) is 1. The minimum Gasteiger partial charge on any atom is -0.369 e. The minimum absolute atomic E-state index is 0.898. The number of aryl methyl sites for hydroxylation is 1. The molecule has 0 aromatic carbocycles. The fraction of sp³-hybridized carbons (Fsp3) is 0.375. The first-order valence-corrected chi connectivity index (χ1v) is 4.40. The Labute approximate surface area is 75.2 Å².